The van der Waals surface area contributed by atoms with Crippen LogP contribution < -0.4 is 10.1 Å². The summed E-state index contributed by atoms with van der Waals surface area (Å²) in [4.78, 5) is 27.8. The fourth-order valence-corrected chi connectivity index (χ4v) is 2.64. The highest BCUT2D eigenvalue weighted by Crippen LogP contribution is 2.22. The zero-order chi connectivity index (χ0) is 19.4. The number of amides is 1. The van der Waals surface area contributed by atoms with Crippen LogP contribution in [0.15, 0.2) is 24.3 Å². The van der Waals surface area contributed by atoms with Crippen LogP contribution in [0.1, 0.15) is 59.8 Å². The van der Waals surface area contributed by atoms with Gasteiger partial charge >= 0.3 is 5.97 Å². The molecule has 26 heavy (non-hydrogen) atoms. The summed E-state index contributed by atoms with van der Waals surface area (Å²) in [6, 6.07) is 7.14. The van der Waals surface area contributed by atoms with Gasteiger partial charge in [0.15, 0.2) is 0 Å². The Balaban J connectivity index is 2.16. The SMILES string of the molecule is Cc1[nH]c(C(=O)Nc2ccc(OC(C)C)cc2)c(C)c1C(=O)OC(C)C. The summed E-state index contributed by atoms with van der Waals surface area (Å²) in [5.41, 5.74) is 2.58. The number of rotatable bonds is 6. The third kappa shape index (κ3) is 4.65. The van der Waals surface area contributed by atoms with Gasteiger partial charge in [0.1, 0.15) is 11.4 Å². The molecule has 0 fully saturated rings. The molecule has 1 aromatic carbocycles. The number of hydrogen-bond donors (Lipinski definition) is 2. The first-order chi connectivity index (χ1) is 12.2. The molecule has 0 saturated heterocycles. The Kier molecular flexibility index (Phi) is 6.08. The van der Waals surface area contributed by atoms with Crippen molar-refractivity contribution in [2.45, 2.75) is 53.8 Å². The molecule has 140 valence electrons. The molecular weight excluding hydrogens is 332 g/mol. The third-order valence-electron chi connectivity index (χ3n) is 3.70. The van der Waals surface area contributed by atoms with Gasteiger partial charge in [-0.05, 0) is 71.4 Å². The smallest absolute Gasteiger partial charge is 0.340 e. The second kappa shape index (κ2) is 8.08. The monoisotopic (exact) mass is 358 g/mol. The van der Waals surface area contributed by atoms with Gasteiger partial charge in [-0.2, -0.15) is 0 Å². The molecule has 0 unspecified atom stereocenters. The van der Waals surface area contributed by atoms with Crippen molar-refractivity contribution in [3.63, 3.8) is 0 Å². The summed E-state index contributed by atoms with van der Waals surface area (Å²) in [7, 11) is 0. The maximum absolute atomic E-state index is 12.6. The Morgan fingerprint density at radius 1 is 1.00 bits per heavy atom. The van der Waals surface area contributed by atoms with E-state index in [4.69, 9.17) is 9.47 Å². The number of anilines is 1. The van der Waals surface area contributed by atoms with E-state index in [1.54, 1.807) is 52.0 Å². The minimum absolute atomic E-state index is 0.0870. The van der Waals surface area contributed by atoms with Crippen LogP contribution in [0.2, 0.25) is 0 Å². The van der Waals surface area contributed by atoms with Crippen LogP contribution in [-0.4, -0.2) is 29.1 Å². The number of aromatic nitrogens is 1. The predicted octanol–water partition coefficient (Wildman–Crippen LogP) is 4.24. The van der Waals surface area contributed by atoms with Crippen LogP contribution in [-0.2, 0) is 4.74 Å². The van der Waals surface area contributed by atoms with Crippen molar-refractivity contribution in [3.05, 3.63) is 46.8 Å². The Morgan fingerprint density at radius 2 is 1.62 bits per heavy atom. The molecule has 2 rings (SSSR count). The fraction of sp³-hybridized carbons (Fsp3) is 0.400. The van der Waals surface area contributed by atoms with Gasteiger partial charge in [0.25, 0.3) is 5.91 Å². The first-order valence-corrected chi connectivity index (χ1v) is 8.67. The van der Waals surface area contributed by atoms with Crippen molar-refractivity contribution < 1.29 is 19.1 Å². The van der Waals surface area contributed by atoms with E-state index in [0.29, 0.717) is 28.2 Å². The number of carbonyl (C=O) groups excluding carboxylic acids is 2. The van der Waals surface area contributed by atoms with E-state index < -0.39 is 5.97 Å². The Morgan fingerprint density at radius 3 is 2.15 bits per heavy atom. The van der Waals surface area contributed by atoms with E-state index in [0.717, 1.165) is 5.75 Å². The number of aromatic amines is 1. The average molecular weight is 358 g/mol. The molecule has 1 aromatic heterocycles. The maximum Gasteiger partial charge on any atom is 0.340 e. The van der Waals surface area contributed by atoms with Gasteiger partial charge in [-0.15, -0.1) is 0 Å². The fourth-order valence-electron chi connectivity index (χ4n) is 2.64. The van der Waals surface area contributed by atoms with Gasteiger partial charge in [0.2, 0.25) is 0 Å². The van der Waals surface area contributed by atoms with Crippen molar-refractivity contribution in [2.24, 2.45) is 0 Å². The number of esters is 1. The Labute approximate surface area is 153 Å². The highest BCUT2D eigenvalue weighted by molar-refractivity contribution is 6.06. The number of H-pyrrole nitrogens is 1. The highest BCUT2D eigenvalue weighted by Gasteiger charge is 2.23. The zero-order valence-electron chi connectivity index (χ0n) is 16.1. The number of nitrogens with one attached hydrogen (secondary N) is 2. The minimum atomic E-state index is -0.430. The Hall–Kier alpha value is -2.76. The lowest BCUT2D eigenvalue weighted by atomic mass is 10.1. The van der Waals surface area contributed by atoms with Crippen LogP contribution in [0, 0.1) is 13.8 Å². The van der Waals surface area contributed by atoms with Crippen LogP contribution in [0.4, 0.5) is 5.69 Å². The van der Waals surface area contributed by atoms with Crippen molar-refractivity contribution >= 4 is 17.6 Å². The van der Waals surface area contributed by atoms with Gasteiger partial charge in [-0.25, -0.2) is 4.79 Å². The predicted molar refractivity (Wildman–Crippen MR) is 101 cm³/mol. The van der Waals surface area contributed by atoms with Crippen LogP contribution in [0.25, 0.3) is 0 Å². The molecule has 0 spiro atoms. The lowest BCUT2D eigenvalue weighted by Gasteiger charge is -2.11. The number of ether oxygens (including phenoxy) is 2. The number of carbonyl (C=O) groups is 2. The average Bonchev–Trinajstić information content (AvgIpc) is 2.83. The second-order valence-corrected chi connectivity index (χ2v) is 6.72. The molecule has 0 aliphatic heterocycles. The molecule has 0 aliphatic rings. The van der Waals surface area contributed by atoms with E-state index in [9.17, 15) is 9.59 Å². The zero-order valence-corrected chi connectivity index (χ0v) is 16.1. The van der Waals surface area contributed by atoms with Crippen LogP contribution in [0.3, 0.4) is 0 Å². The van der Waals surface area contributed by atoms with Gasteiger partial charge in [0, 0.05) is 11.4 Å². The van der Waals surface area contributed by atoms with E-state index in [-0.39, 0.29) is 18.1 Å². The topological polar surface area (TPSA) is 80.4 Å². The summed E-state index contributed by atoms with van der Waals surface area (Å²) < 4.78 is 10.8. The van der Waals surface area contributed by atoms with E-state index in [1.165, 1.54) is 0 Å². The molecule has 0 aliphatic carbocycles. The van der Waals surface area contributed by atoms with Crippen molar-refractivity contribution in [2.75, 3.05) is 5.32 Å². The van der Waals surface area contributed by atoms with E-state index in [1.807, 2.05) is 13.8 Å². The third-order valence-corrected chi connectivity index (χ3v) is 3.70. The van der Waals surface area contributed by atoms with Gasteiger partial charge in [-0.3, -0.25) is 4.79 Å². The molecular formula is C20H26N2O4. The minimum Gasteiger partial charge on any atom is -0.491 e. The lowest BCUT2D eigenvalue weighted by molar-refractivity contribution is 0.0376. The highest BCUT2D eigenvalue weighted by atomic mass is 16.5. The van der Waals surface area contributed by atoms with Crippen molar-refractivity contribution in [1.29, 1.82) is 0 Å². The van der Waals surface area contributed by atoms with E-state index in [2.05, 4.69) is 10.3 Å². The Bertz CT molecular complexity index is 789. The first-order valence-electron chi connectivity index (χ1n) is 8.67. The van der Waals surface area contributed by atoms with Crippen LogP contribution in [0.5, 0.6) is 5.75 Å². The summed E-state index contributed by atoms with van der Waals surface area (Å²) >= 11 is 0. The number of aryl methyl sites for hydroxylation is 1. The molecule has 2 aromatic rings. The van der Waals surface area contributed by atoms with Crippen LogP contribution >= 0.6 is 0 Å². The number of hydrogen-bond acceptors (Lipinski definition) is 4. The standard InChI is InChI=1S/C20H26N2O4/c1-11(2)25-16-9-7-15(8-10-16)22-19(23)18-13(5)17(14(6)21-18)20(24)26-12(3)4/h7-12,21H,1-6H3,(H,22,23). The molecule has 0 saturated carbocycles. The maximum atomic E-state index is 12.6. The summed E-state index contributed by atoms with van der Waals surface area (Å²) in [6.07, 6.45) is -0.135. The molecule has 1 amide bonds. The molecule has 0 radical (unpaired) electrons. The van der Waals surface area contributed by atoms with Crippen molar-refractivity contribution in [1.82, 2.24) is 4.98 Å². The summed E-state index contributed by atoms with van der Waals surface area (Å²) in [5, 5.41) is 2.82. The van der Waals surface area contributed by atoms with Gasteiger partial charge in [0.05, 0.1) is 17.8 Å². The lowest BCUT2D eigenvalue weighted by Crippen LogP contribution is -2.15. The molecule has 6 heteroatoms. The quantitative estimate of drug-likeness (QED) is 0.757. The largest absolute Gasteiger partial charge is 0.491 e. The van der Waals surface area contributed by atoms with Gasteiger partial charge in [-0.1, -0.05) is 0 Å². The van der Waals surface area contributed by atoms with E-state index >= 15 is 0 Å². The molecule has 0 atom stereocenters. The number of benzene rings is 1. The molecule has 0 bridgehead atoms. The normalized spacial score (nSPS) is 10.9. The molecule has 6 nitrogen and oxygen atoms in total. The summed E-state index contributed by atoms with van der Waals surface area (Å²) in [5.74, 6) is -0.00386. The van der Waals surface area contributed by atoms with Crippen molar-refractivity contribution in [3.8, 4) is 5.75 Å². The van der Waals surface area contributed by atoms with Gasteiger partial charge < -0.3 is 19.8 Å². The first kappa shape index (κ1) is 19.6. The second-order valence-electron chi connectivity index (χ2n) is 6.72. The molecule has 2 N–H and O–H groups in total. The molecule has 1 heterocycles. The summed E-state index contributed by atoms with van der Waals surface area (Å²) in [6.45, 7) is 11.0.